The van der Waals surface area contributed by atoms with E-state index >= 15 is 0 Å². The van der Waals surface area contributed by atoms with Crippen LogP contribution in [0.3, 0.4) is 0 Å². The highest BCUT2D eigenvalue weighted by Crippen LogP contribution is 2.22. The minimum absolute atomic E-state index is 0.0482. The Morgan fingerprint density at radius 3 is 2.35 bits per heavy atom. The second-order valence-electron chi connectivity index (χ2n) is 7.42. The highest BCUT2D eigenvalue weighted by atomic mass is 16.1. The van der Waals surface area contributed by atoms with Crippen molar-refractivity contribution in [1.29, 1.82) is 0 Å². The lowest BCUT2D eigenvalue weighted by atomic mass is 9.87. The van der Waals surface area contributed by atoms with Crippen molar-refractivity contribution in [2.45, 2.75) is 32.6 Å². The maximum atomic E-state index is 12.3. The summed E-state index contributed by atoms with van der Waals surface area (Å²) in [6.07, 6.45) is 2.64. The number of hydrogen-bond acceptors (Lipinski definition) is 2. The van der Waals surface area contributed by atoms with Gasteiger partial charge < -0.3 is 5.32 Å². The molecule has 0 aliphatic heterocycles. The predicted octanol–water partition coefficient (Wildman–Crippen LogP) is 4.14. The van der Waals surface area contributed by atoms with E-state index in [0.29, 0.717) is 18.5 Å². The summed E-state index contributed by atoms with van der Waals surface area (Å²) in [7, 11) is 0. The van der Waals surface area contributed by atoms with E-state index in [0.717, 1.165) is 11.4 Å². The maximum Gasteiger partial charge on any atom is 0.251 e. The van der Waals surface area contributed by atoms with Gasteiger partial charge in [-0.25, -0.2) is 4.68 Å². The van der Waals surface area contributed by atoms with Crippen LogP contribution >= 0.6 is 0 Å². The lowest BCUT2D eigenvalue weighted by molar-refractivity contribution is 0.0954. The number of nitrogens with one attached hydrogen (secondary N) is 1. The Labute approximate surface area is 154 Å². The SMILES string of the molecule is CC(C)(C)c1ccc(C(=O)NCCc2ccn(-c3ccccc3)n2)cc1. The Hall–Kier alpha value is -2.88. The fraction of sp³-hybridized carbons (Fsp3) is 0.273. The van der Waals surface area contributed by atoms with Crippen LogP contribution in [0.1, 0.15) is 42.4 Å². The minimum Gasteiger partial charge on any atom is -0.352 e. The van der Waals surface area contributed by atoms with Gasteiger partial charge in [0.2, 0.25) is 0 Å². The average molecular weight is 347 g/mol. The summed E-state index contributed by atoms with van der Waals surface area (Å²) in [5, 5.41) is 7.52. The van der Waals surface area contributed by atoms with Crippen LogP contribution in [0.25, 0.3) is 5.69 Å². The largest absolute Gasteiger partial charge is 0.352 e. The zero-order valence-electron chi connectivity index (χ0n) is 15.6. The summed E-state index contributed by atoms with van der Waals surface area (Å²) < 4.78 is 1.85. The molecule has 0 bridgehead atoms. The molecular formula is C22H25N3O. The van der Waals surface area contributed by atoms with Crippen molar-refractivity contribution < 1.29 is 4.79 Å². The second-order valence-corrected chi connectivity index (χ2v) is 7.42. The lowest BCUT2D eigenvalue weighted by Gasteiger charge is -2.19. The van der Waals surface area contributed by atoms with Gasteiger partial charge in [-0.3, -0.25) is 4.79 Å². The molecule has 3 rings (SSSR count). The third-order valence-electron chi connectivity index (χ3n) is 4.34. The number of aromatic nitrogens is 2. The molecule has 4 heteroatoms. The molecule has 1 heterocycles. The van der Waals surface area contributed by atoms with Crippen LogP contribution in [0.5, 0.6) is 0 Å². The van der Waals surface area contributed by atoms with Crippen LogP contribution in [0, 0.1) is 0 Å². The standard InChI is InChI=1S/C22H25N3O/c1-22(2,3)18-11-9-17(10-12-18)21(26)23-15-13-19-14-16-25(24-19)20-7-5-4-6-8-20/h4-12,14,16H,13,15H2,1-3H3,(H,23,26). The molecule has 0 atom stereocenters. The Kier molecular flexibility index (Phi) is 5.21. The van der Waals surface area contributed by atoms with Crippen molar-refractivity contribution in [2.24, 2.45) is 0 Å². The van der Waals surface area contributed by atoms with Crippen LogP contribution in [-0.4, -0.2) is 22.2 Å². The van der Waals surface area contributed by atoms with Crippen LogP contribution < -0.4 is 5.32 Å². The van der Waals surface area contributed by atoms with Gasteiger partial charge in [0.05, 0.1) is 11.4 Å². The first kappa shape index (κ1) is 17.9. The fourth-order valence-electron chi connectivity index (χ4n) is 2.75. The number of amides is 1. The molecule has 0 unspecified atom stereocenters. The number of benzene rings is 2. The molecule has 0 aliphatic rings. The van der Waals surface area contributed by atoms with Gasteiger partial charge in [0.1, 0.15) is 0 Å². The number of nitrogens with zero attached hydrogens (tertiary/aromatic N) is 2. The first-order chi connectivity index (χ1) is 12.4. The average Bonchev–Trinajstić information content (AvgIpc) is 3.11. The van der Waals surface area contributed by atoms with Gasteiger partial charge in [-0.15, -0.1) is 0 Å². The molecule has 26 heavy (non-hydrogen) atoms. The molecule has 1 aromatic heterocycles. The third-order valence-corrected chi connectivity index (χ3v) is 4.34. The van der Waals surface area contributed by atoms with Crippen molar-refractivity contribution in [2.75, 3.05) is 6.54 Å². The zero-order chi connectivity index (χ0) is 18.6. The molecule has 1 amide bonds. The summed E-state index contributed by atoms with van der Waals surface area (Å²) in [5.74, 6) is -0.0482. The highest BCUT2D eigenvalue weighted by molar-refractivity contribution is 5.94. The van der Waals surface area contributed by atoms with Crippen LogP contribution in [0.4, 0.5) is 0 Å². The van der Waals surface area contributed by atoms with E-state index < -0.39 is 0 Å². The molecule has 0 aliphatic carbocycles. The van der Waals surface area contributed by atoms with Gasteiger partial charge >= 0.3 is 0 Å². The van der Waals surface area contributed by atoms with E-state index in [1.165, 1.54) is 5.56 Å². The Morgan fingerprint density at radius 1 is 1.00 bits per heavy atom. The summed E-state index contributed by atoms with van der Waals surface area (Å²) in [6, 6.07) is 19.8. The minimum atomic E-state index is -0.0482. The van der Waals surface area contributed by atoms with Gasteiger partial charge in [0.25, 0.3) is 5.91 Å². The van der Waals surface area contributed by atoms with Gasteiger partial charge in [0, 0.05) is 24.7 Å². The van der Waals surface area contributed by atoms with Crippen molar-refractivity contribution in [3.05, 3.63) is 83.7 Å². The lowest BCUT2D eigenvalue weighted by Crippen LogP contribution is -2.26. The summed E-state index contributed by atoms with van der Waals surface area (Å²) in [4.78, 5) is 12.3. The van der Waals surface area contributed by atoms with E-state index in [9.17, 15) is 4.79 Å². The number of carbonyl (C=O) groups excluding carboxylic acids is 1. The van der Waals surface area contributed by atoms with E-state index in [1.807, 2.05) is 71.5 Å². The first-order valence-electron chi connectivity index (χ1n) is 8.92. The van der Waals surface area contributed by atoms with Crippen molar-refractivity contribution in [1.82, 2.24) is 15.1 Å². The zero-order valence-corrected chi connectivity index (χ0v) is 15.6. The summed E-state index contributed by atoms with van der Waals surface area (Å²) in [6.45, 7) is 7.05. The Bertz CT molecular complexity index is 858. The quantitative estimate of drug-likeness (QED) is 0.754. The summed E-state index contributed by atoms with van der Waals surface area (Å²) in [5.41, 5.74) is 3.99. The molecule has 0 fully saturated rings. The molecular weight excluding hydrogens is 322 g/mol. The molecule has 0 saturated heterocycles. The van der Waals surface area contributed by atoms with E-state index in [2.05, 4.69) is 31.2 Å². The van der Waals surface area contributed by atoms with Gasteiger partial charge in [-0.05, 0) is 41.3 Å². The van der Waals surface area contributed by atoms with Crippen LogP contribution in [-0.2, 0) is 11.8 Å². The number of carbonyl (C=O) groups is 1. The highest BCUT2D eigenvalue weighted by Gasteiger charge is 2.14. The van der Waals surface area contributed by atoms with E-state index in [4.69, 9.17) is 0 Å². The van der Waals surface area contributed by atoms with E-state index in [1.54, 1.807) is 0 Å². The van der Waals surface area contributed by atoms with Gasteiger partial charge in [-0.1, -0.05) is 51.1 Å². The Morgan fingerprint density at radius 2 is 1.69 bits per heavy atom. The fourth-order valence-corrected chi connectivity index (χ4v) is 2.75. The first-order valence-corrected chi connectivity index (χ1v) is 8.92. The van der Waals surface area contributed by atoms with Gasteiger partial charge in [0.15, 0.2) is 0 Å². The number of para-hydroxylation sites is 1. The van der Waals surface area contributed by atoms with E-state index in [-0.39, 0.29) is 11.3 Å². The van der Waals surface area contributed by atoms with Gasteiger partial charge in [-0.2, -0.15) is 5.10 Å². The summed E-state index contributed by atoms with van der Waals surface area (Å²) >= 11 is 0. The smallest absolute Gasteiger partial charge is 0.251 e. The molecule has 1 N–H and O–H groups in total. The van der Waals surface area contributed by atoms with Crippen molar-refractivity contribution in [3.63, 3.8) is 0 Å². The monoisotopic (exact) mass is 347 g/mol. The molecule has 2 aromatic carbocycles. The Balaban J connectivity index is 1.53. The normalized spacial score (nSPS) is 11.3. The predicted molar refractivity (Wildman–Crippen MR) is 105 cm³/mol. The molecule has 0 radical (unpaired) electrons. The number of hydrogen-bond donors (Lipinski definition) is 1. The third kappa shape index (κ3) is 4.39. The molecule has 3 aromatic rings. The second kappa shape index (κ2) is 7.56. The van der Waals surface area contributed by atoms with Crippen LogP contribution in [0.15, 0.2) is 66.9 Å². The van der Waals surface area contributed by atoms with Crippen molar-refractivity contribution >= 4 is 5.91 Å². The number of rotatable bonds is 5. The molecule has 0 spiro atoms. The maximum absolute atomic E-state index is 12.3. The van der Waals surface area contributed by atoms with Crippen molar-refractivity contribution in [3.8, 4) is 5.69 Å². The van der Waals surface area contributed by atoms with Crippen LogP contribution in [0.2, 0.25) is 0 Å². The topological polar surface area (TPSA) is 46.9 Å². The molecule has 4 nitrogen and oxygen atoms in total. The molecule has 0 saturated carbocycles. The molecule has 134 valence electrons.